The van der Waals surface area contributed by atoms with Gasteiger partial charge in [-0.3, -0.25) is 4.79 Å². The molecule has 0 aliphatic heterocycles. The van der Waals surface area contributed by atoms with Crippen LogP contribution in [0.1, 0.15) is 28.4 Å². The van der Waals surface area contributed by atoms with Crippen LogP contribution in [-0.4, -0.2) is 17.4 Å². The van der Waals surface area contributed by atoms with Gasteiger partial charge < -0.3 is 4.90 Å². The summed E-state index contributed by atoms with van der Waals surface area (Å²) in [5, 5.41) is 0.215. The monoisotopic (exact) mass is 366 g/mol. The Bertz CT molecular complexity index is 688. The number of anilines is 1. The fraction of sp³-hybridized carbons (Fsp3) is 0.250. The maximum atomic E-state index is 12.8. The first kappa shape index (κ1) is 16.0. The van der Waals surface area contributed by atoms with Crippen LogP contribution < -0.4 is 4.90 Å². The summed E-state index contributed by atoms with van der Waals surface area (Å²) in [6.07, 6.45) is 1.58. The Labute approximate surface area is 138 Å². The molecule has 0 bridgehead atoms. The third-order valence-electron chi connectivity index (χ3n) is 3.25. The standard InChI is InChI=1S/C16H16BrClN2O/c1-4-20(14-7-10(2)5-6-11(14)3)16(21)13-8-12(17)9-19-15(13)18/h5-9H,4H2,1-3H3. The molecule has 1 amide bonds. The molecule has 1 aromatic carbocycles. The average molecular weight is 368 g/mol. The number of benzene rings is 1. The van der Waals surface area contributed by atoms with E-state index in [2.05, 4.69) is 20.9 Å². The minimum absolute atomic E-state index is 0.148. The zero-order valence-corrected chi connectivity index (χ0v) is 14.5. The van der Waals surface area contributed by atoms with Crippen LogP contribution in [0, 0.1) is 13.8 Å². The van der Waals surface area contributed by atoms with Crippen molar-refractivity contribution in [2.75, 3.05) is 11.4 Å². The molecule has 1 heterocycles. The summed E-state index contributed by atoms with van der Waals surface area (Å²) in [5.74, 6) is -0.148. The number of carbonyl (C=O) groups is 1. The Morgan fingerprint density at radius 2 is 2.05 bits per heavy atom. The Kier molecular flexibility index (Phi) is 5.01. The smallest absolute Gasteiger partial charge is 0.261 e. The fourth-order valence-electron chi connectivity index (χ4n) is 2.15. The first-order chi connectivity index (χ1) is 9.93. The first-order valence-corrected chi connectivity index (χ1v) is 7.81. The van der Waals surface area contributed by atoms with Gasteiger partial charge in [-0.25, -0.2) is 4.98 Å². The number of hydrogen-bond donors (Lipinski definition) is 0. The van der Waals surface area contributed by atoms with E-state index in [1.807, 2.05) is 39.0 Å². The summed E-state index contributed by atoms with van der Waals surface area (Å²) in [6.45, 7) is 6.51. The molecule has 0 fully saturated rings. The van der Waals surface area contributed by atoms with Crippen molar-refractivity contribution < 1.29 is 4.79 Å². The SMILES string of the molecule is CCN(C(=O)c1cc(Br)cnc1Cl)c1cc(C)ccc1C. The quantitative estimate of drug-likeness (QED) is 0.731. The molecule has 21 heavy (non-hydrogen) atoms. The molecule has 110 valence electrons. The van der Waals surface area contributed by atoms with Gasteiger partial charge in [-0.15, -0.1) is 0 Å². The highest BCUT2D eigenvalue weighted by atomic mass is 79.9. The minimum Gasteiger partial charge on any atom is -0.308 e. The summed E-state index contributed by atoms with van der Waals surface area (Å²) < 4.78 is 0.729. The van der Waals surface area contributed by atoms with E-state index >= 15 is 0 Å². The number of hydrogen-bond acceptors (Lipinski definition) is 2. The highest BCUT2D eigenvalue weighted by molar-refractivity contribution is 9.10. The summed E-state index contributed by atoms with van der Waals surface area (Å²) in [7, 11) is 0. The molecule has 0 spiro atoms. The summed E-state index contributed by atoms with van der Waals surface area (Å²) in [6, 6.07) is 7.76. The van der Waals surface area contributed by atoms with E-state index in [9.17, 15) is 4.79 Å². The van der Waals surface area contributed by atoms with Crippen LogP contribution in [-0.2, 0) is 0 Å². The fourth-order valence-corrected chi connectivity index (χ4v) is 2.67. The van der Waals surface area contributed by atoms with Crippen molar-refractivity contribution in [2.24, 2.45) is 0 Å². The van der Waals surface area contributed by atoms with E-state index in [1.54, 1.807) is 17.2 Å². The van der Waals surface area contributed by atoms with Crippen LogP contribution in [0.2, 0.25) is 5.15 Å². The van der Waals surface area contributed by atoms with Crippen LogP contribution in [0.3, 0.4) is 0 Å². The summed E-state index contributed by atoms with van der Waals surface area (Å²) >= 11 is 9.40. The van der Waals surface area contributed by atoms with Gasteiger partial charge in [-0.2, -0.15) is 0 Å². The van der Waals surface area contributed by atoms with Gasteiger partial charge in [0.25, 0.3) is 5.91 Å². The van der Waals surface area contributed by atoms with Crippen molar-refractivity contribution in [1.29, 1.82) is 0 Å². The van der Waals surface area contributed by atoms with Crippen molar-refractivity contribution in [3.63, 3.8) is 0 Å². The average Bonchev–Trinajstić information content (AvgIpc) is 2.46. The van der Waals surface area contributed by atoms with Gasteiger partial charge in [-0.1, -0.05) is 23.7 Å². The van der Waals surface area contributed by atoms with Gasteiger partial charge >= 0.3 is 0 Å². The van der Waals surface area contributed by atoms with Crippen LogP contribution in [0.15, 0.2) is 34.9 Å². The van der Waals surface area contributed by atoms with E-state index in [4.69, 9.17) is 11.6 Å². The normalized spacial score (nSPS) is 10.5. The van der Waals surface area contributed by atoms with E-state index in [0.29, 0.717) is 12.1 Å². The molecule has 0 saturated carbocycles. The predicted molar refractivity (Wildman–Crippen MR) is 90.2 cm³/mol. The van der Waals surface area contributed by atoms with Crippen molar-refractivity contribution in [1.82, 2.24) is 4.98 Å². The Balaban J connectivity index is 2.48. The van der Waals surface area contributed by atoms with Crippen LogP contribution in [0.4, 0.5) is 5.69 Å². The van der Waals surface area contributed by atoms with E-state index in [0.717, 1.165) is 21.3 Å². The lowest BCUT2D eigenvalue weighted by atomic mass is 10.1. The number of pyridine rings is 1. The van der Waals surface area contributed by atoms with Gasteiger partial charge in [0.15, 0.2) is 0 Å². The van der Waals surface area contributed by atoms with E-state index < -0.39 is 0 Å². The third kappa shape index (κ3) is 3.44. The largest absolute Gasteiger partial charge is 0.308 e. The summed E-state index contributed by atoms with van der Waals surface area (Å²) in [4.78, 5) is 18.5. The van der Waals surface area contributed by atoms with Gasteiger partial charge in [0.1, 0.15) is 5.15 Å². The summed E-state index contributed by atoms with van der Waals surface area (Å²) in [5.41, 5.74) is 3.46. The molecule has 0 aliphatic carbocycles. The van der Waals surface area contributed by atoms with Crippen molar-refractivity contribution in [3.8, 4) is 0 Å². The molecule has 0 N–H and O–H groups in total. The highest BCUT2D eigenvalue weighted by Crippen LogP contribution is 2.26. The number of rotatable bonds is 3. The Hall–Kier alpha value is -1.39. The minimum atomic E-state index is -0.148. The van der Waals surface area contributed by atoms with E-state index in [-0.39, 0.29) is 11.1 Å². The molecule has 0 aliphatic rings. The van der Waals surface area contributed by atoms with Gasteiger partial charge in [0.2, 0.25) is 0 Å². The number of nitrogens with zero attached hydrogens (tertiary/aromatic N) is 2. The molecule has 2 rings (SSSR count). The molecule has 5 heteroatoms. The lowest BCUT2D eigenvalue weighted by Gasteiger charge is -2.24. The molecule has 3 nitrogen and oxygen atoms in total. The Morgan fingerprint density at radius 1 is 1.33 bits per heavy atom. The maximum Gasteiger partial charge on any atom is 0.261 e. The molecule has 0 unspecified atom stereocenters. The highest BCUT2D eigenvalue weighted by Gasteiger charge is 2.21. The molecule has 0 radical (unpaired) electrons. The number of amides is 1. The third-order valence-corrected chi connectivity index (χ3v) is 3.99. The molecule has 0 saturated heterocycles. The first-order valence-electron chi connectivity index (χ1n) is 6.64. The maximum absolute atomic E-state index is 12.8. The topological polar surface area (TPSA) is 33.2 Å². The van der Waals surface area contributed by atoms with Crippen molar-refractivity contribution in [3.05, 3.63) is 56.8 Å². The molecular formula is C16H16BrClN2O. The number of carbonyl (C=O) groups excluding carboxylic acids is 1. The second-order valence-electron chi connectivity index (χ2n) is 4.83. The molecular weight excluding hydrogens is 352 g/mol. The zero-order valence-electron chi connectivity index (χ0n) is 12.2. The van der Waals surface area contributed by atoms with Crippen LogP contribution >= 0.6 is 27.5 Å². The van der Waals surface area contributed by atoms with Gasteiger partial charge in [-0.05, 0) is 60.0 Å². The van der Waals surface area contributed by atoms with E-state index in [1.165, 1.54) is 0 Å². The number of aromatic nitrogens is 1. The van der Waals surface area contributed by atoms with Crippen LogP contribution in [0.25, 0.3) is 0 Å². The number of aryl methyl sites for hydroxylation is 2. The zero-order chi connectivity index (χ0) is 15.6. The predicted octanol–water partition coefficient (Wildman–Crippen LogP) is 4.78. The Morgan fingerprint density at radius 3 is 2.71 bits per heavy atom. The van der Waals surface area contributed by atoms with Gasteiger partial charge in [0.05, 0.1) is 5.56 Å². The van der Waals surface area contributed by atoms with Gasteiger partial charge in [0, 0.05) is 22.9 Å². The lowest BCUT2D eigenvalue weighted by molar-refractivity contribution is 0.0988. The molecule has 0 atom stereocenters. The second-order valence-corrected chi connectivity index (χ2v) is 6.10. The molecule has 2 aromatic rings. The molecule has 1 aromatic heterocycles. The second kappa shape index (κ2) is 6.58. The van der Waals surface area contributed by atoms with Crippen molar-refractivity contribution >= 4 is 39.1 Å². The van der Waals surface area contributed by atoms with Crippen molar-refractivity contribution in [2.45, 2.75) is 20.8 Å². The van der Waals surface area contributed by atoms with Crippen LogP contribution in [0.5, 0.6) is 0 Å². The lowest BCUT2D eigenvalue weighted by Crippen LogP contribution is -2.31. The number of halogens is 2.